The van der Waals surface area contributed by atoms with Crippen LogP contribution in [0.1, 0.15) is 6.42 Å². The van der Waals surface area contributed by atoms with Crippen molar-refractivity contribution < 1.29 is 14.3 Å². The molecule has 0 saturated carbocycles. The minimum Gasteiger partial charge on any atom is -0.383 e. The Morgan fingerprint density at radius 2 is 2.10 bits per heavy atom. The zero-order chi connectivity index (χ0) is 14.5. The maximum atomic E-state index is 12.4. The minimum atomic E-state index is -0.260. The Morgan fingerprint density at radius 3 is 2.75 bits per heavy atom. The van der Waals surface area contributed by atoms with Crippen LogP contribution in [0.25, 0.3) is 0 Å². The highest BCUT2D eigenvalue weighted by atomic mass is 16.5. The highest BCUT2D eigenvalue weighted by molar-refractivity contribution is 5.98. The molecule has 1 aromatic carbocycles. The number of nitrogens with zero attached hydrogens (tertiary/aromatic N) is 2. The summed E-state index contributed by atoms with van der Waals surface area (Å²) in [6.45, 7) is 1.54. The molecule has 108 valence electrons. The molecule has 0 radical (unpaired) electrons. The van der Waals surface area contributed by atoms with Crippen LogP contribution in [0.2, 0.25) is 0 Å². The SMILES string of the molecule is COCCN1CC(C(=O)N(C)c2ccccc2)CC1=O. The molecule has 1 aromatic rings. The summed E-state index contributed by atoms with van der Waals surface area (Å²) >= 11 is 0. The number of hydrogen-bond donors (Lipinski definition) is 0. The average molecular weight is 276 g/mol. The number of hydrogen-bond acceptors (Lipinski definition) is 3. The summed E-state index contributed by atoms with van der Waals surface area (Å²) in [6, 6.07) is 9.47. The first-order valence-electron chi connectivity index (χ1n) is 6.73. The van der Waals surface area contributed by atoms with Gasteiger partial charge in [0, 0.05) is 39.4 Å². The van der Waals surface area contributed by atoms with Crippen LogP contribution in [0.4, 0.5) is 5.69 Å². The number of benzene rings is 1. The number of rotatable bonds is 5. The van der Waals surface area contributed by atoms with E-state index in [-0.39, 0.29) is 17.7 Å². The lowest BCUT2D eigenvalue weighted by Crippen LogP contribution is -2.35. The number of ether oxygens (including phenoxy) is 1. The van der Waals surface area contributed by atoms with Crippen LogP contribution in [0.5, 0.6) is 0 Å². The molecule has 2 amide bonds. The molecule has 1 aliphatic rings. The highest BCUT2D eigenvalue weighted by Crippen LogP contribution is 2.22. The lowest BCUT2D eigenvalue weighted by Gasteiger charge is -2.21. The Bertz CT molecular complexity index is 475. The van der Waals surface area contributed by atoms with E-state index in [1.165, 1.54) is 0 Å². The Balaban J connectivity index is 1.98. The van der Waals surface area contributed by atoms with E-state index in [1.54, 1.807) is 24.0 Å². The van der Waals surface area contributed by atoms with Crippen molar-refractivity contribution in [3.05, 3.63) is 30.3 Å². The van der Waals surface area contributed by atoms with Crippen molar-refractivity contribution >= 4 is 17.5 Å². The number of methoxy groups -OCH3 is 1. The Kier molecular flexibility index (Phi) is 4.74. The fraction of sp³-hybridized carbons (Fsp3) is 0.467. The number of anilines is 1. The van der Waals surface area contributed by atoms with E-state index in [0.717, 1.165) is 5.69 Å². The fourth-order valence-corrected chi connectivity index (χ4v) is 2.41. The number of para-hydroxylation sites is 1. The molecule has 1 atom stereocenters. The van der Waals surface area contributed by atoms with E-state index in [0.29, 0.717) is 26.1 Å². The van der Waals surface area contributed by atoms with Crippen LogP contribution >= 0.6 is 0 Å². The summed E-state index contributed by atoms with van der Waals surface area (Å²) in [4.78, 5) is 27.6. The van der Waals surface area contributed by atoms with Crippen LogP contribution in [-0.2, 0) is 14.3 Å². The second-order valence-electron chi connectivity index (χ2n) is 4.97. The molecule has 0 bridgehead atoms. The summed E-state index contributed by atoms with van der Waals surface area (Å²) in [5.41, 5.74) is 0.847. The van der Waals surface area contributed by atoms with Gasteiger partial charge in [-0.25, -0.2) is 0 Å². The van der Waals surface area contributed by atoms with E-state index < -0.39 is 0 Å². The lowest BCUT2D eigenvalue weighted by atomic mass is 10.1. The van der Waals surface area contributed by atoms with Crippen molar-refractivity contribution in [2.75, 3.05) is 38.8 Å². The number of amides is 2. The van der Waals surface area contributed by atoms with Crippen molar-refractivity contribution in [3.63, 3.8) is 0 Å². The van der Waals surface area contributed by atoms with Gasteiger partial charge in [-0.05, 0) is 12.1 Å². The van der Waals surface area contributed by atoms with Crippen LogP contribution in [0, 0.1) is 5.92 Å². The monoisotopic (exact) mass is 276 g/mol. The predicted octanol–water partition coefficient (Wildman–Crippen LogP) is 1.14. The van der Waals surface area contributed by atoms with Crippen molar-refractivity contribution in [3.8, 4) is 0 Å². The van der Waals surface area contributed by atoms with Gasteiger partial charge in [0.15, 0.2) is 0 Å². The first-order valence-corrected chi connectivity index (χ1v) is 6.73. The zero-order valence-electron chi connectivity index (χ0n) is 11.9. The summed E-state index contributed by atoms with van der Waals surface area (Å²) in [5.74, 6) is -0.240. The molecule has 0 aliphatic carbocycles. The maximum absolute atomic E-state index is 12.4. The van der Waals surface area contributed by atoms with Gasteiger partial charge in [0.1, 0.15) is 0 Å². The summed E-state index contributed by atoms with van der Waals surface area (Å²) in [6.07, 6.45) is 0.291. The highest BCUT2D eigenvalue weighted by Gasteiger charge is 2.35. The molecule has 20 heavy (non-hydrogen) atoms. The quantitative estimate of drug-likeness (QED) is 0.810. The van der Waals surface area contributed by atoms with Crippen molar-refractivity contribution in [2.45, 2.75) is 6.42 Å². The fourth-order valence-electron chi connectivity index (χ4n) is 2.41. The Morgan fingerprint density at radius 1 is 1.40 bits per heavy atom. The third-order valence-electron chi connectivity index (χ3n) is 3.60. The molecular weight excluding hydrogens is 256 g/mol. The normalized spacial score (nSPS) is 18.4. The standard InChI is InChI=1S/C15H20N2O3/c1-16(13-6-4-3-5-7-13)15(19)12-10-14(18)17(11-12)8-9-20-2/h3-7,12H,8-11H2,1-2H3. The topological polar surface area (TPSA) is 49.9 Å². The molecule has 5 nitrogen and oxygen atoms in total. The molecule has 1 saturated heterocycles. The number of carbonyl (C=O) groups is 2. The van der Waals surface area contributed by atoms with Gasteiger partial charge >= 0.3 is 0 Å². The van der Waals surface area contributed by atoms with Gasteiger partial charge in [0.05, 0.1) is 12.5 Å². The average Bonchev–Trinajstić information content (AvgIpc) is 2.85. The first-order chi connectivity index (χ1) is 9.63. The lowest BCUT2D eigenvalue weighted by molar-refractivity contribution is -0.128. The van der Waals surface area contributed by atoms with Gasteiger partial charge < -0.3 is 14.5 Å². The van der Waals surface area contributed by atoms with E-state index in [2.05, 4.69) is 0 Å². The van der Waals surface area contributed by atoms with Gasteiger partial charge in [-0.15, -0.1) is 0 Å². The summed E-state index contributed by atoms with van der Waals surface area (Å²) in [5, 5.41) is 0. The molecule has 1 aliphatic heterocycles. The van der Waals surface area contributed by atoms with Crippen molar-refractivity contribution in [1.29, 1.82) is 0 Å². The van der Waals surface area contributed by atoms with Crippen LogP contribution in [0.15, 0.2) is 30.3 Å². The second kappa shape index (κ2) is 6.52. The minimum absolute atomic E-state index is 0.00975. The van der Waals surface area contributed by atoms with Gasteiger partial charge in [0.25, 0.3) is 0 Å². The molecule has 1 heterocycles. The third kappa shape index (κ3) is 3.17. The van der Waals surface area contributed by atoms with Gasteiger partial charge in [-0.2, -0.15) is 0 Å². The number of likely N-dealkylation sites (tertiary alicyclic amines) is 1. The first kappa shape index (κ1) is 14.5. The second-order valence-corrected chi connectivity index (χ2v) is 4.97. The smallest absolute Gasteiger partial charge is 0.232 e. The van der Waals surface area contributed by atoms with Gasteiger partial charge in [0.2, 0.25) is 11.8 Å². The van der Waals surface area contributed by atoms with Crippen LogP contribution < -0.4 is 4.90 Å². The van der Waals surface area contributed by atoms with Crippen molar-refractivity contribution in [1.82, 2.24) is 4.90 Å². The Labute approximate surface area is 119 Å². The van der Waals surface area contributed by atoms with E-state index >= 15 is 0 Å². The van der Waals surface area contributed by atoms with E-state index in [9.17, 15) is 9.59 Å². The van der Waals surface area contributed by atoms with Gasteiger partial charge in [-0.3, -0.25) is 9.59 Å². The third-order valence-corrected chi connectivity index (χ3v) is 3.60. The molecule has 0 spiro atoms. The molecule has 0 N–H and O–H groups in total. The van der Waals surface area contributed by atoms with Crippen LogP contribution in [0.3, 0.4) is 0 Å². The summed E-state index contributed by atoms with van der Waals surface area (Å²) < 4.78 is 4.98. The maximum Gasteiger partial charge on any atom is 0.232 e. The molecular formula is C15H20N2O3. The van der Waals surface area contributed by atoms with E-state index in [4.69, 9.17) is 4.74 Å². The molecule has 1 fully saturated rings. The largest absolute Gasteiger partial charge is 0.383 e. The molecule has 0 aromatic heterocycles. The summed E-state index contributed by atoms with van der Waals surface area (Å²) in [7, 11) is 3.35. The predicted molar refractivity (Wildman–Crippen MR) is 76.4 cm³/mol. The zero-order valence-corrected chi connectivity index (χ0v) is 11.9. The van der Waals surface area contributed by atoms with Crippen LogP contribution in [-0.4, -0.2) is 50.6 Å². The number of carbonyl (C=O) groups excluding carboxylic acids is 2. The molecule has 2 rings (SSSR count). The molecule has 5 heteroatoms. The molecule has 1 unspecified atom stereocenters. The Hall–Kier alpha value is -1.88. The van der Waals surface area contributed by atoms with Crippen molar-refractivity contribution in [2.24, 2.45) is 5.92 Å². The van der Waals surface area contributed by atoms with E-state index in [1.807, 2.05) is 30.3 Å². The van der Waals surface area contributed by atoms with Gasteiger partial charge in [-0.1, -0.05) is 18.2 Å².